The molecule has 10 heteroatoms. The van der Waals surface area contributed by atoms with Gasteiger partial charge in [-0.2, -0.15) is 18.3 Å². The van der Waals surface area contributed by atoms with Crippen molar-refractivity contribution in [3.8, 4) is 0 Å². The first-order valence-corrected chi connectivity index (χ1v) is 7.73. The van der Waals surface area contributed by atoms with Crippen LogP contribution in [-0.2, 0) is 17.5 Å². The van der Waals surface area contributed by atoms with Gasteiger partial charge >= 0.3 is 6.18 Å². The van der Waals surface area contributed by atoms with E-state index in [9.17, 15) is 13.2 Å². The molecule has 0 aliphatic rings. The van der Waals surface area contributed by atoms with Crippen molar-refractivity contribution in [2.45, 2.75) is 19.6 Å². The molecule has 0 atom stereocenters. The lowest BCUT2D eigenvalue weighted by atomic mass is 10.2. The van der Waals surface area contributed by atoms with E-state index in [1.54, 1.807) is 6.92 Å². The predicted molar refractivity (Wildman–Crippen MR) is 89.6 cm³/mol. The van der Waals surface area contributed by atoms with Gasteiger partial charge in [-0.05, 0) is 12.5 Å². The number of aromatic nitrogens is 4. The van der Waals surface area contributed by atoms with Crippen molar-refractivity contribution < 1.29 is 17.9 Å². The molecule has 3 rings (SSSR count). The highest BCUT2D eigenvalue weighted by molar-refractivity contribution is 5.86. The van der Waals surface area contributed by atoms with Crippen LogP contribution in [0.25, 0.3) is 11.0 Å². The van der Waals surface area contributed by atoms with E-state index in [1.165, 1.54) is 10.9 Å². The minimum absolute atomic E-state index is 0.0605. The monoisotopic (exact) mass is 364 g/mol. The van der Waals surface area contributed by atoms with E-state index in [-0.39, 0.29) is 18.0 Å². The molecule has 136 valence electrons. The summed E-state index contributed by atoms with van der Waals surface area (Å²) in [6.07, 6.45) is -2.21. The number of benzene rings is 1. The lowest BCUT2D eigenvalue weighted by Gasteiger charge is -2.09. The minimum Gasteiger partial charge on any atom is -0.482 e. The maximum absolute atomic E-state index is 13.2. The SMILES string of the molecule is CCO/C=N\Nc1nc(C(F)(F)F)nc2c1cnn2Cc1ccccc1. The normalized spacial score (nSPS) is 12.0. The summed E-state index contributed by atoms with van der Waals surface area (Å²) in [6.45, 7) is 2.41. The van der Waals surface area contributed by atoms with Gasteiger partial charge in [0, 0.05) is 0 Å². The number of halogens is 3. The summed E-state index contributed by atoms with van der Waals surface area (Å²) in [7, 11) is 0. The Morgan fingerprint density at radius 2 is 2.00 bits per heavy atom. The fourth-order valence-electron chi connectivity index (χ4n) is 2.24. The van der Waals surface area contributed by atoms with Crippen LogP contribution >= 0.6 is 0 Å². The predicted octanol–water partition coefficient (Wildman–Crippen LogP) is 3.29. The Kier molecular flexibility index (Phi) is 5.01. The third-order valence-corrected chi connectivity index (χ3v) is 3.39. The number of rotatable bonds is 6. The number of hydrogen-bond acceptors (Lipinski definition) is 6. The number of ether oxygens (including phenoxy) is 1. The fourth-order valence-corrected chi connectivity index (χ4v) is 2.24. The lowest BCUT2D eigenvalue weighted by Crippen LogP contribution is -2.14. The second-order valence-corrected chi connectivity index (χ2v) is 5.22. The number of alkyl halides is 3. The molecule has 0 fully saturated rings. The number of anilines is 1. The molecule has 0 spiro atoms. The molecule has 0 saturated carbocycles. The van der Waals surface area contributed by atoms with Gasteiger partial charge in [0.1, 0.15) is 0 Å². The summed E-state index contributed by atoms with van der Waals surface area (Å²) in [6, 6.07) is 9.24. The summed E-state index contributed by atoms with van der Waals surface area (Å²) in [4.78, 5) is 7.17. The Bertz CT molecular complexity index is 907. The van der Waals surface area contributed by atoms with Crippen molar-refractivity contribution in [1.82, 2.24) is 19.7 Å². The van der Waals surface area contributed by atoms with Crippen molar-refractivity contribution in [3.63, 3.8) is 0 Å². The van der Waals surface area contributed by atoms with Gasteiger partial charge in [0.25, 0.3) is 0 Å². The number of nitrogens with one attached hydrogen (secondary N) is 1. The molecule has 0 aliphatic heterocycles. The van der Waals surface area contributed by atoms with E-state index < -0.39 is 12.0 Å². The number of hydrogen-bond donors (Lipinski definition) is 1. The first-order chi connectivity index (χ1) is 12.5. The standard InChI is InChI=1S/C16H15F3N6O/c1-2-26-10-20-24-13-12-8-21-25(9-11-6-4-3-5-7-11)14(12)23-15(22-13)16(17,18)19/h3-8,10H,2,9H2,1H3,(H,22,23,24)/b20-10-. The quantitative estimate of drug-likeness (QED) is 0.413. The summed E-state index contributed by atoms with van der Waals surface area (Å²) in [5, 5.41) is 8.17. The number of hydrazone groups is 1. The summed E-state index contributed by atoms with van der Waals surface area (Å²) >= 11 is 0. The van der Waals surface area contributed by atoms with Gasteiger partial charge < -0.3 is 4.74 Å². The van der Waals surface area contributed by atoms with Crippen LogP contribution in [0, 0.1) is 0 Å². The molecule has 0 radical (unpaired) electrons. The second kappa shape index (κ2) is 7.38. The van der Waals surface area contributed by atoms with Gasteiger partial charge in [-0.1, -0.05) is 30.3 Å². The highest BCUT2D eigenvalue weighted by Gasteiger charge is 2.36. The van der Waals surface area contributed by atoms with E-state index in [4.69, 9.17) is 4.74 Å². The van der Waals surface area contributed by atoms with Gasteiger partial charge in [-0.15, -0.1) is 5.10 Å². The molecule has 3 aromatic rings. The Hall–Kier alpha value is -3.17. The zero-order valence-corrected chi connectivity index (χ0v) is 13.7. The van der Waals surface area contributed by atoms with Crippen LogP contribution in [0.2, 0.25) is 0 Å². The maximum Gasteiger partial charge on any atom is 0.451 e. The smallest absolute Gasteiger partial charge is 0.451 e. The molecule has 2 aromatic heterocycles. The fraction of sp³-hybridized carbons (Fsp3) is 0.250. The molecule has 1 aromatic carbocycles. The second-order valence-electron chi connectivity index (χ2n) is 5.22. The van der Waals surface area contributed by atoms with Gasteiger partial charge in [0.05, 0.1) is 24.7 Å². The van der Waals surface area contributed by atoms with Gasteiger partial charge in [0.15, 0.2) is 17.9 Å². The summed E-state index contributed by atoms with van der Waals surface area (Å²) in [5.74, 6) is -1.37. The van der Waals surface area contributed by atoms with E-state index in [0.29, 0.717) is 12.0 Å². The molecule has 0 unspecified atom stereocenters. The molecular formula is C16H15F3N6O. The number of nitrogens with zero attached hydrogens (tertiary/aromatic N) is 5. The van der Waals surface area contributed by atoms with E-state index in [2.05, 4.69) is 25.6 Å². The highest BCUT2D eigenvalue weighted by atomic mass is 19.4. The molecule has 2 heterocycles. The van der Waals surface area contributed by atoms with Crippen LogP contribution in [0.15, 0.2) is 41.6 Å². The van der Waals surface area contributed by atoms with Crippen LogP contribution in [0.1, 0.15) is 18.3 Å². The molecule has 26 heavy (non-hydrogen) atoms. The first kappa shape index (κ1) is 17.6. The first-order valence-electron chi connectivity index (χ1n) is 7.73. The average molecular weight is 364 g/mol. The van der Waals surface area contributed by atoms with E-state index in [0.717, 1.165) is 12.0 Å². The maximum atomic E-state index is 13.2. The van der Waals surface area contributed by atoms with E-state index in [1.807, 2.05) is 30.3 Å². The molecule has 7 nitrogen and oxygen atoms in total. The van der Waals surface area contributed by atoms with Crippen molar-refractivity contribution in [2.75, 3.05) is 12.0 Å². The zero-order chi connectivity index (χ0) is 18.6. The molecule has 0 bridgehead atoms. The zero-order valence-electron chi connectivity index (χ0n) is 13.7. The third-order valence-electron chi connectivity index (χ3n) is 3.39. The van der Waals surface area contributed by atoms with Gasteiger partial charge in [-0.3, -0.25) is 5.43 Å². The molecule has 0 aliphatic carbocycles. The van der Waals surface area contributed by atoms with Crippen molar-refractivity contribution >= 4 is 23.3 Å². The topological polar surface area (TPSA) is 77.2 Å². The van der Waals surface area contributed by atoms with Crippen LogP contribution < -0.4 is 5.43 Å². The molecule has 0 amide bonds. The average Bonchev–Trinajstić information content (AvgIpc) is 3.02. The largest absolute Gasteiger partial charge is 0.482 e. The highest BCUT2D eigenvalue weighted by Crippen LogP contribution is 2.30. The molecular weight excluding hydrogens is 349 g/mol. The van der Waals surface area contributed by atoms with Gasteiger partial charge in [-0.25, -0.2) is 14.6 Å². The summed E-state index contributed by atoms with van der Waals surface area (Å²) in [5.41, 5.74) is 3.40. The lowest BCUT2D eigenvalue weighted by molar-refractivity contribution is -0.144. The third kappa shape index (κ3) is 3.90. The molecule has 1 N–H and O–H groups in total. The van der Waals surface area contributed by atoms with Gasteiger partial charge in [0.2, 0.25) is 5.82 Å². The van der Waals surface area contributed by atoms with Crippen molar-refractivity contribution in [3.05, 3.63) is 47.9 Å². The van der Waals surface area contributed by atoms with Crippen LogP contribution in [0.5, 0.6) is 0 Å². The Balaban J connectivity index is 2.03. The van der Waals surface area contributed by atoms with Crippen LogP contribution in [-0.4, -0.2) is 32.8 Å². The van der Waals surface area contributed by atoms with Crippen LogP contribution in [0.3, 0.4) is 0 Å². The Morgan fingerprint density at radius 1 is 1.23 bits per heavy atom. The number of fused-ring (bicyclic) bond motifs is 1. The minimum atomic E-state index is -4.70. The Labute approximate surface area is 146 Å². The van der Waals surface area contributed by atoms with Crippen molar-refractivity contribution in [2.24, 2.45) is 5.10 Å². The summed E-state index contributed by atoms with van der Waals surface area (Å²) < 4.78 is 45.8. The van der Waals surface area contributed by atoms with Crippen LogP contribution in [0.4, 0.5) is 19.0 Å². The van der Waals surface area contributed by atoms with Crippen molar-refractivity contribution in [1.29, 1.82) is 0 Å². The van der Waals surface area contributed by atoms with E-state index >= 15 is 0 Å². The molecule has 0 saturated heterocycles. The Morgan fingerprint density at radius 3 is 2.69 bits per heavy atom.